The van der Waals surface area contributed by atoms with Gasteiger partial charge in [-0.3, -0.25) is 4.79 Å². The molecule has 1 N–H and O–H groups in total. The molecule has 1 atom stereocenters. The van der Waals surface area contributed by atoms with Crippen LogP contribution in [-0.2, 0) is 4.79 Å². The number of hydrogen-bond donors (Lipinski definition) is 1. The Morgan fingerprint density at radius 3 is 2.75 bits per heavy atom. The number of fused-ring (bicyclic) bond motifs is 1. The second kappa shape index (κ2) is 7.64. The summed E-state index contributed by atoms with van der Waals surface area (Å²) in [7, 11) is 1.60. The molecular formula is C22H20FNO3S. The van der Waals surface area contributed by atoms with E-state index in [2.05, 4.69) is 5.32 Å². The summed E-state index contributed by atoms with van der Waals surface area (Å²) in [6, 6.07) is 12.4. The highest BCUT2D eigenvalue weighted by Crippen LogP contribution is 2.47. The molecule has 2 heterocycles. The first-order valence-electron chi connectivity index (χ1n) is 9.09. The number of methoxy groups -OCH3 is 1. The maximum atomic E-state index is 14.3. The summed E-state index contributed by atoms with van der Waals surface area (Å²) in [6.07, 6.45) is 0.335. The van der Waals surface area contributed by atoms with Crippen LogP contribution >= 0.6 is 11.3 Å². The van der Waals surface area contributed by atoms with Gasteiger partial charge in [0.25, 0.3) is 0 Å². The van der Waals surface area contributed by atoms with Gasteiger partial charge in [0.2, 0.25) is 5.91 Å². The Morgan fingerprint density at radius 2 is 2.00 bits per heavy atom. The van der Waals surface area contributed by atoms with Crippen LogP contribution in [0.15, 0.2) is 47.8 Å². The summed E-state index contributed by atoms with van der Waals surface area (Å²) in [5.41, 5.74) is 2.88. The molecule has 1 aliphatic heterocycles. The number of halogens is 1. The van der Waals surface area contributed by atoms with Crippen molar-refractivity contribution >= 4 is 22.9 Å². The molecule has 0 bridgehead atoms. The molecule has 144 valence electrons. The van der Waals surface area contributed by atoms with Gasteiger partial charge in [-0.15, -0.1) is 11.3 Å². The lowest BCUT2D eigenvalue weighted by atomic mass is 9.89. The van der Waals surface area contributed by atoms with Crippen molar-refractivity contribution in [1.29, 1.82) is 0 Å². The van der Waals surface area contributed by atoms with Crippen LogP contribution in [0.25, 0.3) is 11.1 Å². The highest BCUT2D eigenvalue weighted by Gasteiger charge is 2.31. The number of thiophene rings is 1. The second-order valence-electron chi connectivity index (χ2n) is 6.52. The number of hydrogen-bond acceptors (Lipinski definition) is 4. The highest BCUT2D eigenvalue weighted by molar-refractivity contribution is 7.11. The Hall–Kier alpha value is -2.86. The minimum absolute atomic E-state index is 0.0821. The Labute approximate surface area is 166 Å². The third kappa shape index (κ3) is 3.24. The smallest absolute Gasteiger partial charge is 0.225 e. The molecular weight excluding hydrogens is 377 g/mol. The minimum atomic E-state index is -0.304. The van der Waals surface area contributed by atoms with Gasteiger partial charge in [-0.25, -0.2) is 4.39 Å². The lowest BCUT2D eigenvalue weighted by Crippen LogP contribution is -2.22. The largest absolute Gasteiger partial charge is 0.493 e. The fourth-order valence-electron chi connectivity index (χ4n) is 3.55. The quantitative estimate of drug-likeness (QED) is 0.624. The monoisotopic (exact) mass is 397 g/mol. The third-order valence-corrected chi connectivity index (χ3v) is 5.94. The number of anilines is 1. The van der Waals surface area contributed by atoms with Gasteiger partial charge in [0, 0.05) is 33.7 Å². The van der Waals surface area contributed by atoms with E-state index in [-0.39, 0.29) is 17.6 Å². The van der Waals surface area contributed by atoms with E-state index in [0.29, 0.717) is 41.3 Å². The topological polar surface area (TPSA) is 47.6 Å². The van der Waals surface area contributed by atoms with E-state index in [1.807, 2.05) is 30.5 Å². The molecule has 1 aliphatic rings. The molecule has 0 fully saturated rings. The van der Waals surface area contributed by atoms with E-state index < -0.39 is 0 Å². The predicted octanol–water partition coefficient (Wildman–Crippen LogP) is 5.44. The first-order chi connectivity index (χ1) is 13.6. The number of nitrogens with one attached hydrogen (secondary N) is 1. The number of ether oxygens (including phenoxy) is 2. The van der Waals surface area contributed by atoms with Crippen LogP contribution < -0.4 is 14.8 Å². The van der Waals surface area contributed by atoms with Gasteiger partial charge in [0.15, 0.2) is 11.5 Å². The van der Waals surface area contributed by atoms with Crippen molar-refractivity contribution in [2.45, 2.75) is 19.3 Å². The number of rotatable bonds is 5. The van der Waals surface area contributed by atoms with Crippen molar-refractivity contribution in [2.24, 2.45) is 0 Å². The number of carbonyl (C=O) groups is 1. The van der Waals surface area contributed by atoms with Gasteiger partial charge < -0.3 is 14.8 Å². The SMILES string of the molecule is CCOc1ccc([C@@H]2CC(=O)Nc3c(-c4ccccc4F)csc32)cc1OC. The normalized spacial score (nSPS) is 15.7. The summed E-state index contributed by atoms with van der Waals surface area (Å²) < 4.78 is 25.4. The summed E-state index contributed by atoms with van der Waals surface area (Å²) in [6.45, 7) is 2.46. The fourth-order valence-corrected chi connectivity index (χ4v) is 4.70. The van der Waals surface area contributed by atoms with Crippen LogP contribution in [0.3, 0.4) is 0 Å². The van der Waals surface area contributed by atoms with Crippen molar-refractivity contribution in [3.63, 3.8) is 0 Å². The Morgan fingerprint density at radius 1 is 1.18 bits per heavy atom. The van der Waals surface area contributed by atoms with Gasteiger partial charge >= 0.3 is 0 Å². The first-order valence-corrected chi connectivity index (χ1v) is 9.97. The number of amides is 1. The Bertz CT molecular complexity index is 1030. The van der Waals surface area contributed by atoms with E-state index >= 15 is 0 Å². The molecule has 0 aliphatic carbocycles. The van der Waals surface area contributed by atoms with Gasteiger partial charge in [-0.2, -0.15) is 0 Å². The zero-order valence-corrected chi connectivity index (χ0v) is 16.4. The van der Waals surface area contributed by atoms with Crippen molar-refractivity contribution in [2.75, 3.05) is 19.0 Å². The summed E-state index contributed by atoms with van der Waals surface area (Å²) >= 11 is 1.53. The average molecular weight is 397 g/mol. The standard InChI is InChI=1S/C22H20FNO3S/c1-3-27-18-9-8-13(10-19(18)26-2)15-11-20(25)24-21-16(12-28-22(15)21)14-6-4-5-7-17(14)23/h4-10,12,15H,3,11H2,1-2H3,(H,24,25)/t15-/m0/s1. The van der Waals surface area contributed by atoms with E-state index in [0.717, 1.165) is 10.4 Å². The fraction of sp³-hybridized carbons (Fsp3) is 0.227. The third-order valence-electron chi connectivity index (χ3n) is 4.84. The van der Waals surface area contributed by atoms with E-state index in [1.165, 1.54) is 17.4 Å². The second-order valence-corrected chi connectivity index (χ2v) is 7.43. The summed E-state index contributed by atoms with van der Waals surface area (Å²) in [4.78, 5) is 13.5. The molecule has 6 heteroatoms. The molecule has 1 aromatic heterocycles. The van der Waals surface area contributed by atoms with Gasteiger partial charge in [-0.05, 0) is 30.7 Å². The van der Waals surface area contributed by atoms with E-state index in [1.54, 1.807) is 25.3 Å². The molecule has 3 aromatic rings. The molecule has 0 saturated carbocycles. The molecule has 1 amide bonds. The predicted molar refractivity (Wildman–Crippen MR) is 109 cm³/mol. The van der Waals surface area contributed by atoms with Crippen LogP contribution in [0.2, 0.25) is 0 Å². The van der Waals surface area contributed by atoms with Crippen LogP contribution in [0.4, 0.5) is 10.1 Å². The molecule has 0 unspecified atom stereocenters. The van der Waals surface area contributed by atoms with Gasteiger partial charge in [0.05, 0.1) is 19.4 Å². The first kappa shape index (κ1) is 18.5. The van der Waals surface area contributed by atoms with Crippen LogP contribution in [-0.4, -0.2) is 19.6 Å². The van der Waals surface area contributed by atoms with E-state index in [9.17, 15) is 9.18 Å². The molecule has 0 saturated heterocycles. The van der Waals surface area contributed by atoms with Crippen LogP contribution in [0.1, 0.15) is 29.7 Å². The molecule has 4 nitrogen and oxygen atoms in total. The maximum absolute atomic E-state index is 14.3. The van der Waals surface area contributed by atoms with E-state index in [4.69, 9.17) is 9.47 Å². The molecule has 4 rings (SSSR count). The van der Waals surface area contributed by atoms with Crippen LogP contribution in [0, 0.1) is 5.82 Å². The van der Waals surface area contributed by atoms with Crippen LogP contribution in [0.5, 0.6) is 11.5 Å². The zero-order chi connectivity index (χ0) is 19.7. The Kier molecular flexibility index (Phi) is 5.05. The van der Waals surface area contributed by atoms with Crippen molar-refractivity contribution < 1.29 is 18.7 Å². The number of benzene rings is 2. The number of carbonyl (C=O) groups excluding carboxylic acids is 1. The minimum Gasteiger partial charge on any atom is -0.493 e. The zero-order valence-electron chi connectivity index (χ0n) is 15.6. The summed E-state index contributed by atoms with van der Waals surface area (Å²) in [5, 5.41) is 4.85. The average Bonchev–Trinajstić information content (AvgIpc) is 3.12. The van der Waals surface area contributed by atoms with Gasteiger partial charge in [0.1, 0.15) is 5.82 Å². The molecule has 0 spiro atoms. The summed E-state index contributed by atoms with van der Waals surface area (Å²) in [5.74, 6) is 0.813. The lowest BCUT2D eigenvalue weighted by Gasteiger charge is -2.24. The molecule has 0 radical (unpaired) electrons. The van der Waals surface area contributed by atoms with Crippen molar-refractivity contribution in [3.05, 3.63) is 64.1 Å². The maximum Gasteiger partial charge on any atom is 0.225 e. The highest BCUT2D eigenvalue weighted by atomic mass is 32.1. The molecule has 28 heavy (non-hydrogen) atoms. The van der Waals surface area contributed by atoms with Crippen molar-refractivity contribution in [3.8, 4) is 22.6 Å². The van der Waals surface area contributed by atoms with Crippen molar-refractivity contribution in [1.82, 2.24) is 0 Å². The van der Waals surface area contributed by atoms with Gasteiger partial charge in [-0.1, -0.05) is 24.3 Å². The molecule has 2 aromatic carbocycles. The Balaban J connectivity index is 1.78. The lowest BCUT2D eigenvalue weighted by molar-refractivity contribution is -0.116.